The Hall–Kier alpha value is -3.54. The Kier molecular flexibility index (Phi) is 5.11. The number of nitrogens with zero attached hydrogens (tertiary/aromatic N) is 3. The molecule has 0 aliphatic heterocycles. The zero-order chi connectivity index (χ0) is 17.5. The average Bonchev–Trinajstić information content (AvgIpc) is 2.66. The molecular formula is C19H16N4O2. The lowest BCUT2D eigenvalue weighted by Crippen LogP contribution is -2.17. The predicted octanol–water partition coefficient (Wildman–Crippen LogP) is 2.96. The average molecular weight is 332 g/mol. The first-order valence-electron chi connectivity index (χ1n) is 7.64. The van der Waals surface area contributed by atoms with Crippen molar-refractivity contribution in [2.24, 2.45) is 5.10 Å². The molecule has 6 heteroatoms. The van der Waals surface area contributed by atoms with Crippen molar-refractivity contribution in [1.29, 1.82) is 0 Å². The van der Waals surface area contributed by atoms with Crippen LogP contribution in [0.25, 0.3) is 11.0 Å². The fraction of sp³-hybridized carbons (Fsp3) is 0.0526. The Morgan fingerprint density at radius 2 is 2.00 bits per heavy atom. The quantitative estimate of drug-likeness (QED) is 0.428. The van der Waals surface area contributed by atoms with Gasteiger partial charge in [0.25, 0.3) is 5.91 Å². The van der Waals surface area contributed by atoms with Crippen LogP contribution < -0.4 is 10.2 Å². The van der Waals surface area contributed by atoms with Crippen molar-refractivity contribution in [2.75, 3.05) is 6.61 Å². The highest BCUT2D eigenvalue weighted by Crippen LogP contribution is 2.12. The van der Waals surface area contributed by atoms with Gasteiger partial charge in [0.05, 0.1) is 17.2 Å². The van der Waals surface area contributed by atoms with E-state index in [9.17, 15) is 4.79 Å². The maximum atomic E-state index is 12.2. The van der Waals surface area contributed by atoms with Crippen LogP contribution >= 0.6 is 0 Å². The summed E-state index contributed by atoms with van der Waals surface area (Å²) in [6, 6.07) is 12.5. The SMILES string of the molecule is C=CCOc1cccc(C=NNC(=O)c2ccc3nccnc3c2)c1. The summed E-state index contributed by atoms with van der Waals surface area (Å²) >= 11 is 0. The molecule has 0 saturated carbocycles. The molecule has 0 unspecified atom stereocenters. The zero-order valence-electron chi connectivity index (χ0n) is 13.4. The van der Waals surface area contributed by atoms with Crippen LogP contribution in [0.1, 0.15) is 15.9 Å². The smallest absolute Gasteiger partial charge is 0.271 e. The molecule has 0 aliphatic rings. The molecule has 6 nitrogen and oxygen atoms in total. The standard InChI is InChI=1S/C19H16N4O2/c1-2-10-25-16-5-3-4-14(11-16)13-22-23-19(24)15-6-7-17-18(12-15)21-9-8-20-17/h2-9,11-13H,1,10H2,(H,23,24). The second-order valence-electron chi connectivity index (χ2n) is 5.13. The lowest BCUT2D eigenvalue weighted by molar-refractivity contribution is 0.0955. The van der Waals surface area contributed by atoms with E-state index < -0.39 is 0 Å². The van der Waals surface area contributed by atoms with Gasteiger partial charge in [-0.1, -0.05) is 24.8 Å². The molecule has 3 aromatic rings. The van der Waals surface area contributed by atoms with Crippen molar-refractivity contribution in [3.05, 3.63) is 78.6 Å². The Labute approximate surface area is 144 Å². The number of hydrogen-bond donors (Lipinski definition) is 1. The number of carbonyl (C=O) groups is 1. The normalized spacial score (nSPS) is 10.7. The van der Waals surface area contributed by atoms with E-state index in [0.717, 1.165) is 11.1 Å². The van der Waals surface area contributed by atoms with Gasteiger partial charge in [0.1, 0.15) is 12.4 Å². The van der Waals surface area contributed by atoms with Crippen LogP contribution in [0, 0.1) is 0 Å². The van der Waals surface area contributed by atoms with Crippen LogP contribution in [0.4, 0.5) is 0 Å². The van der Waals surface area contributed by atoms with Gasteiger partial charge in [-0.3, -0.25) is 14.8 Å². The van der Waals surface area contributed by atoms with Gasteiger partial charge in [-0.2, -0.15) is 5.10 Å². The Morgan fingerprint density at radius 1 is 1.16 bits per heavy atom. The van der Waals surface area contributed by atoms with Crippen molar-refractivity contribution in [2.45, 2.75) is 0 Å². The Bertz CT molecular complexity index is 937. The molecule has 0 saturated heterocycles. The molecule has 1 amide bonds. The molecule has 0 bridgehead atoms. The third kappa shape index (κ3) is 4.26. The van der Waals surface area contributed by atoms with Crippen molar-refractivity contribution >= 4 is 23.2 Å². The monoisotopic (exact) mass is 332 g/mol. The van der Waals surface area contributed by atoms with Gasteiger partial charge in [0.15, 0.2) is 0 Å². The fourth-order valence-electron chi connectivity index (χ4n) is 2.17. The molecule has 0 fully saturated rings. The molecule has 0 atom stereocenters. The highest BCUT2D eigenvalue weighted by Gasteiger charge is 2.06. The van der Waals surface area contributed by atoms with Gasteiger partial charge in [0, 0.05) is 18.0 Å². The number of aromatic nitrogens is 2. The van der Waals surface area contributed by atoms with E-state index in [-0.39, 0.29) is 5.91 Å². The maximum absolute atomic E-state index is 12.2. The highest BCUT2D eigenvalue weighted by molar-refractivity contribution is 5.97. The Balaban J connectivity index is 1.66. The number of benzene rings is 2. The summed E-state index contributed by atoms with van der Waals surface area (Å²) in [6.07, 6.45) is 6.43. The summed E-state index contributed by atoms with van der Waals surface area (Å²) in [4.78, 5) is 20.5. The number of rotatable bonds is 6. The molecule has 124 valence electrons. The molecule has 1 N–H and O–H groups in total. The first-order valence-corrected chi connectivity index (χ1v) is 7.64. The van der Waals surface area contributed by atoms with Gasteiger partial charge in [-0.05, 0) is 35.9 Å². The Morgan fingerprint density at radius 3 is 2.84 bits per heavy atom. The summed E-state index contributed by atoms with van der Waals surface area (Å²) < 4.78 is 5.45. The third-order valence-electron chi connectivity index (χ3n) is 3.34. The van der Waals surface area contributed by atoms with Crippen LogP contribution in [0.5, 0.6) is 5.75 Å². The number of hydrogen-bond acceptors (Lipinski definition) is 5. The summed E-state index contributed by atoms with van der Waals surface area (Å²) in [5.74, 6) is 0.395. The molecule has 1 aromatic heterocycles. The van der Waals surface area contributed by atoms with E-state index in [1.165, 1.54) is 0 Å². The molecule has 25 heavy (non-hydrogen) atoms. The molecule has 0 radical (unpaired) electrons. The van der Waals surface area contributed by atoms with E-state index in [1.807, 2.05) is 24.3 Å². The number of hydrazone groups is 1. The number of ether oxygens (including phenoxy) is 1. The second-order valence-corrected chi connectivity index (χ2v) is 5.13. The molecule has 2 aromatic carbocycles. The van der Waals surface area contributed by atoms with Crippen molar-refractivity contribution in [1.82, 2.24) is 15.4 Å². The van der Waals surface area contributed by atoms with Crippen LogP contribution in [0.2, 0.25) is 0 Å². The summed E-state index contributed by atoms with van der Waals surface area (Å²) in [7, 11) is 0. The maximum Gasteiger partial charge on any atom is 0.271 e. The summed E-state index contributed by atoms with van der Waals surface area (Å²) in [5, 5.41) is 3.98. The topological polar surface area (TPSA) is 76.5 Å². The van der Waals surface area contributed by atoms with E-state index in [2.05, 4.69) is 27.1 Å². The molecule has 1 heterocycles. The number of amides is 1. The van der Waals surface area contributed by atoms with Gasteiger partial charge in [0.2, 0.25) is 0 Å². The van der Waals surface area contributed by atoms with Crippen LogP contribution in [0.3, 0.4) is 0 Å². The van der Waals surface area contributed by atoms with Crippen molar-refractivity contribution in [3.63, 3.8) is 0 Å². The van der Waals surface area contributed by atoms with Crippen molar-refractivity contribution in [3.8, 4) is 5.75 Å². The number of carbonyl (C=O) groups excluding carboxylic acids is 1. The minimum Gasteiger partial charge on any atom is -0.490 e. The highest BCUT2D eigenvalue weighted by atomic mass is 16.5. The van der Waals surface area contributed by atoms with E-state index in [4.69, 9.17) is 4.74 Å². The van der Waals surface area contributed by atoms with Gasteiger partial charge in [-0.25, -0.2) is 5.43 Å². The largest absolute Gasteiger partial charge is 0.490 e. The van der Waals surface area contributed by atoms with E-state index in [0.29, 0.717) is 23.4 Å². The van der Waals surface area contributed by atoms with E-state index in [1.54, 1.807) is 42.9 Å². The van der Waals surface area contributed by atoms with E-state index >= 15 is 0 Å². The number of fused-ring (bicyclic) bond motifs is 1. The third-order valence-corrected chi connectivity index (χ3v) is 3.34. The summed E-state index contributed by atoms with van der Waals surface area (Å²) in [6.45, 7) is 4.04. The predicted molar refractivity (Wildman–Crippen MR) is 96.7 cm³/mol. The first-order chi connectivity index (χ1) is 12.3. The van der Waals surface area contributed by atoms with Crippen LogP contribution in [0.15, 0.2) is 72.6 Å². The molecule has 3 rings (SSSR count). The fourth-order valence-corrected chi connectivity index (χ4v) is 2.17. The minimum atomic E-state index is -0.317. The molecular weight excluding hydrogens is 316 g/mol. The number of nitrogens with one attached hydrogen (secondary N) is 1. The molecule has 0 spiro atoms. The van der Waals surface area contributed by atoms with Gasteiger partial charge >= 0.3 is 0 Å². The van der Waals surface area contributed by atoms with Crippen LogP contribution in [-0.2, 0) is 0 Å². The second kappa shape index (κ2) is 7.83. The van der Waals surface area contributed by atoms with Crippen LogP contribution in [-0.4, -0.2) is 28.7 Å². The molecule has 0 aliphatic carbocycles. The van der Waals surface area contributed by atoms with Gasteiger partial charge < -0.3 is 4.74 Å². The lowest BCUT2D eigenvalue weighted by atomic mass is 10.2. The van der Waals surface area contributed by atoms with Gasteiger partial charge in [-0.15, -0.1) is 0 Å². The zero-order valence-corrected chi connectivity index (χ0v) is 13.4. The van der Waals surface area contributed by atoms with Crippen molar-refractivity contribution < 1.29 is 9.53 Å². The minimum absolute atomic E-state index is 0.317. The summed E-state index contributed by atoms with van der Waals surface area (Å²) in [5.41, 5.74) is 5.17. The first kappa shape index (κ1) is 16.3. The lowest BCUT2D eigenvalue weighted by Gasteiger charge is -2.04.